The number of hydrogen-bond acceptors (Lipinski definition) is 7. The summed E-state index contributed by atoms with van der Waals surface area (Å²) in [7, 11) is 0. The van der Waals surface area contributed by atoms with E-state index in [4.69, 9.17) is 21.9 Å². The van der Waals surface area contributed by atoms with Crippen molar-refractivity contribution >= 4 is 51.7 Å². The third-order valence-electron chi connectivity index (χ3n) is 5.51. The number of nitrogens with zero attached hydrogens (tertiary/aromatic N) is 4. The number of rotatable bonds is 4. The smallest absolute Gasteiger partial charge is 0.267 e. The van der Waals surface area contributed by atoms with Crippen molar-refractivity contribution in [2.24, 2.45) is 0 Å². The van der Waals surface area contributed by atoms with Crippen LogP contribution >= 0.6 is 24.0 Å². The number of aromatic nitrogens is 2. The Hall–Kier alpha value is -2.23. The zero-order valence-corrected chi connectivity index (χ0v) is 18.9. The SMILES string of the molecule is CC[C@@H](C)N1C(=O)/C(=C\c2c(N3CCOCC3)nc3c(C)cccn3c2=O)SC1=S. The quantitative estimate of drug-likeness (QED) is 0.531. The van der Waals surface area contributed by atoms with Gasteiger partial charge in [0.05, 0.1) is 23.7 Å². The summed E-state index contributed by atoms with van der Waals surface area (Å²) < 4.78 is 7.54. The summed E-state index contributed by atoms with van der Waals surface area (Å²) in [6.45, 7) is 8.36. The maximum absolute atomic E-state index is 13.4. The molecule has 158 valence electrons. The molecule has 4 heterocycles. The third-order valence-corrected chi connectivity index (χ3v) is 6.84. The Kier molecular flexibility index (Phi) is 5.95. The van der Waals surface area contributed by atoms with E-state index in [9.17, 15) is 9.59 Å². The van der Waals surface area contributed by atoms with Gasteiger partial charge < -0.3 is 9.64 Å². The molecule has 2 aliphatic rings. The lowest BCUT2D eigenvalue weighted by Crippen LogP contribution is -2.39. The Balaban J connectivity index is 1.88. The molecular formula is C21H24N4O3S2. The molecule has 1 amide bonds. The van der Waals surface area contributed by atoms with Crippen molar-refractivity contribution in [3.05, 3.63) is 44.7 Å². The monoisotopic (exact) mass is 444 g/mol. The number of pyridine rings is 1. The van der Waals surface area contributed by atoms with E-state index in [1.54, 1.807) is 21.6 Å². The van der Waals surface area contributed by atoms with Crippen LogP contribution in [0.15, 0.2) is 28.0 Å². The number of ether oxygens (including phenoxy) is 1. The van der Waals surface area contributed by atoms with Crippen LogP contribution in [0.25, 0.3) is 11.7 Å². The average molecular weight is 445 g/mol. The van der Waals surface area contributed by atoms with Crippen LogP contribution in [-0.2, 0) is 9.53 Å². The number of aryl methyl sites for hydroxylation is 1. The summed E-state index contributed by atoms with van der Waals surface area (Å²) >= 11 is 6.68. The number of fused-ring (bicyclic) bond motifs is 1. The van der Waals surface area contributed by atoms with Gasteiger partial charge in [-0.25, -0.2) is 4.98 Å². The van der Waals surface area contributed by atoms with Crippen molar-refractivity contribution in [1.82, 2.24) is 14.3 Å². The van der Waals surface area contributed by atoms with Gasteiger partial charge in [0.2, 0.25) is 0 Å². The number of morpholine rings is 1. The minimum Gasteiger partial charge on any atom is -0.378 e. The molecule has 0 bridgehead atoms. The molecule has 0 aromatic carbocycles. The van der Waals surface area contributed by atoms with Crippen molar-refractivity contribution in [3.63, 3.8) is 0 Å². The van der Waals surface area contributed by atoms with E-state index >= 15 is 0 Å². The molecule has 2 aromatic heterocycles. The first-order valence-corrected chi connectivity index (χ1v) is 11.3. The first kappa shape index (κ1) is 21.0. The second-order valence-corrected chi connectivity index (χ2v) is 9.12. The maximum atomic E-state index is 13.4. The van der Waals surface area contributed by atoms with Crippen molar-refractivity contribution in [2.75, 3.05) is 31.2 Å². The summed E-state index contributed by atoms with van der Waals surface area (Å²) in [5.74, 6) is 0.437. The Labute approximate surface area is 184 Å². The molecule has 1 atom stereocenters. The number of amides is 1. The van der Waals surface area contributed by atoms with Crippen molar-refractivity contribution in [3.8, 4) is 0 Å². The second-order valence-electron chi connectivity index (χ2n) is 7.45. The molecule has 2 aromatic rings. The first-order chi connectivity index (χ1) is 14.4. The van der Waals surface area contributed by atoms with Gasteiger partial charge in [0.1, 0.15) is 15.8 Å². The molecule has 9 heteroatoms. The maximum Gasteiger partial charge on any atom is 0.267 e. The molecule has 30 heavy (non-hydrogen) atoms. The highest BCUT2D eigenvalue weighted by molar-refractivity contribution is 8.26. The fourth-order valence-electron chi connectivity index (χ4n) is 3.62. The van der Waals surface area contributed by atoms with Crippen LogP contribution in [0.4, 0.5) is 5.82 Å². The van der Waals surface area contributed by atoms with E-state index in [2.05, 4.69) is 4.90 Å². The molecule has 0 spiro atoms. The normalized spacial score (nSPS) is 19.9. The van der Waals surface area contributed by atoms with E-state index in [1.807, 2.05) is 32.9 Å². The standard InChI is InChI=1S/C21H24N4O3S2/c1-4-14(3)25-20(27)16(30-21(25)29)12-15-18(23-8-10-28-11-9-23)22-17-13(2)6-5-7-24(17)19(15)26/h5-7,12,14H,4,8-11H2,1-3H3/b16-12+/t14-/m1/s1. The van der Waals surface area contributed by atoms with Crippen LogP contribution < -0.4 is 10.5 Å². The Bertz CT molecular complexity index is 1110. The van der Waals surface area contributed by atoms with Crippen molar-refractivity contribution in [2.45, 2.75) is 33.2 Å². The lowest BCUT2D eigenvalue weighted by atomic mass is 10.2. The number of thioether (sulfide) groups is 1. The van der Waals surface area contributed by atoms with Crippen LogP contribution in [0.2, 0.25) is 0 Å². The van der Waals surface area contributed by atoms with Crippen LogP contribution in [-0.4, -0.2) is 56.9 Å². The van der Waals surface area contributed by atoms with E-state index in [1.165, 1.54) is 11.8 Å². The second kappa shape index (κ2) is 8.49. The van der Waals surface area contributed by atoms with Gasteiger partial charge in [0.25, 0.3) is 11.5 Å². The molecule has 0 unspecified atom stereocenters. The molecule has 2 aliphatic heterocycles. The molecule has 4 rings (SSSR count). The van der Waals surface area contributed by atoms with Crippen LogP contribution in [0, 0.1) is 6.92 Å². The minimum atomic E-state index is -0.195. The topological polar surface area (TPSA) is 67.2 Å². The first-order valence-electron chi connectivity index (χ1n) is 10.0. The largest absolute Gasteiger partial charge is 0.378 e. The lowest BCUT2D eigenvalue weighted by Gasteiger charge is -2.29. The van der Waals surface area contributed by atoms with Gasteiger partial charge in [-0.05, 0) is 38.0 Å². The summed E-state index contributed by atoms with van der Waals surface area (Å²) in [5.41, 5.74) is 1.75. The summed E-state index contributed by atoms with van der Waals surface area (Å²) in [4.78, 5) is 35.5. The summed E-state index contributed by atoms with van der Waals surface area (Å²) in [5, 5.41) is 0. The number of hydrogen-bond donors (Lipinski definition) is 0. The zero-order chi connectivity index (χ0) is 21.4. The molecule has 2 fully saturated rings. The van der Waals surface area contributed by atoms with Crippen molar-refractivity contribution < 1.29 is 9.53 Å². The van der Waals surface area contributed by atoms with E-state index in [-0.39, 0.29) is 17.5 Å². The molecule has 0 saturated carbocycles. The third kappa shape index (κ3) is 3.66. The van der Waals surface area contributed by atoms with Crippen molar-refractivity contribution in [1.29, 1.82) is 0 Å². The highest BCUT2D eigenvalue weighted by Gasteiger charge is 2.35. The van der Waals surface area contributed by atoms with E-state index in [0.29, 0.717) is 52.6 Å². The van der Waals surface area contributed by atoms with Crippen LogP contribution in [0.1, 0.15) is 31.4 Å². The molecule has 0 radical (unpaired) electrons. The number of anilines is 1. The number of thiocarbonyl (C=S) groups is 1. The lowest BCUT2D eigenvalue weighted by molar-refractivity contribution is -0.123. The predicted molar refractivity (Wildman–Crippen MR) is 124 cm³/mol. The molecular weight excluding hydrogens is 420 g/mol. The summed E-state index contributed by atoms with van der Waals surface area (Å²) in [6.07, 6.45) is 4.18. The van der Waals surface area contributed by atoms with Gasteiger partial charge in [0, 0.05) is 25.3 Å². The summed E-state index contributed by atoms with van der Waals surface area (Å²) in [6, 6.07) is 3.77. The van der Waals surface area contributed by atoms with Gasteiger partial charge in [-0.15, -0.1) is 0 Å². The average Bonchev–Trinajstić information content (AvgIpc) is 3.03. The Morgan fingerprint density at radius 3 is 2.77 bits per heavy atom. The van der Waals surface area contributed by atoms with Gasteiger partial charge in [-0.2, -0.15) is 0 Å². The van der Waals surface area contributed by atoms with Gasteiger partial charge in [0.15, 0.2) is 0 Å². The zero-order valence-electron chi connectivity index (χ0n) is 17.3. The number of carbonyl (C=O) groups excluding carboxylic acids is 1. The van der Waals surface area contributed by atoms with E-state index in [0.717, 1.165) is 12.0 Å². The molecule has 0 N–H and O–H groups in total. The highest BCUT2D eigenvalue weighted by Crippen LogP contribution is 2.35. The van der Waals surface area contributed by atoms with E-state index < -0.39 is 0 Å². The fraction of sp³-hybridized carbons (Fsp3) is 0.429. The Morgan fingerprint density at radius 2 is 2.07 bits per heavy atom. The van der Waals surface area contributed by atoms with Gasteiger partial charge in [-0.3, -0.25) is 18.9 Å². The molecule has 0 aliphatic carbocycles. The predicted octanol–water partition coefficient (Wildman–Crippen LogP) is 2.84. The fourth-order valence-corrected chi connectivity index (χ4v) is 5.06. The van der Waals surface area contributed by atoms with Crippen LogP contribution in [0.5, 0.6) is 0 Å². The molecule has 2 saturated heterocycles. The van der Waals surface area contributed by atoms with Gasteiger partial charge in [-0.1, -0.05) is 37.0 Å². The minimum absolute atomic E-state index is 0.0144. The van der Waals surface area contributed by atoms with Gasteiger partial charge >= 0.3 is 0 Å². The Morgan fingerprint density at radius 1 is 1.33 bits per heavy atom. The molecule has 7 nitrogen and oxygen atoms in total. The highest BCUT2D eigenvalue weighted by atomic mass is 32.2. The van der Waals surface area contributed by atoms with Crippen LogP contribution in [0.3, 0.4) is 0 Å². The number of carbonyl (C=O) groups is 1.